The number of carboxylic acid groups (broad SMARTS) is 1. The summed E-state index contributed by atoms with van der Waals surface area (Å²) >= 11 is 1.53. The van der Waals surface area contributed by atoms with E-state index in [-0.39, 0.29) is 0 Å². The molecule has 0 aliphatic rings. The highest BCUT2D eigenvalue weighted by Gasteiger charge is 2.21. The Morgan fingerprint density at radius 1 is 1.42 bits per heavy atom. The number of hydrogen-bond donors (Lipinski definition) is 4. The summed E-state index contributed by atoms with van der Waals surface area (Å²) in [5, 5.41) is 13.5. The Bertz CT molecular complexity index is 486. The van der Waals surface area contributed by atoms with Crippen molar-refractivity contribution in [3.8, 4) is 0 Å². The van der Waals surface area contributed by atoms with Gasteiger partial charge >= 0.3 is 12.0 Å². The Kier molecular flexibility index (Phi) is 5.31. The topological polar surface area (TPSA) is 122 Å². The standard InChI is InChI=1S/C11H15N3O4S/c1-6-2-3-7(19-6)5-13-11(18)14-8(10(16)17)4-9(12)15/h2-3,8H,4-5H2,1H3,(H2,12,15)(H,16,17)(H2,13,14,18)/t8-/m1/s1. The van der Waals surface area contributed by atoms with Gasteiger partial charge in [-0.15, -0.1) is 11.3 Å². The molecule has 1 atom stereocenters. The fraction of sp³-hybridized carbons (Fsp3) is 0.364. The second-order valence-electron chi connectivity index (χ2n) is 3.90. The van der Waals surface area contributed by atoms with Crippen molar-refractivity contribution in [1.82, 2.24) is 10.6 Å². The number of urea groups is 1. The number of carboxylic acids is 1. The molecule has 1 heterocycles. The van der Waals surface area contributed by atoms with Gasteiger partial charge in [0.05, 0.1) is 13.0 Å². The number of amides is 3. The zero-order chi connectivity index (χ0) is 14.4. The summed E-state index contributed by atoms with van der Waals surface area (Å²) in [6.07, 6.45) is -0.444. The van der Waals surface area contributed by atoms with Crippen LogP contribution in [0, 0.1) is 6.92 Å². The predicted molar refractivity (Wildman–Crippen MR) is 69.7 cm³/mol. The first-order valence-corrected chi connectivity index (χ1v) is 6.31. The number of aryl methyl sites for hydroxylation is 1. The molecule has 19 heavy (non-hydrogen) atoms. The lowest BCUT2D eigenvalue weighted by Crippen LogP contribution is -2.47. The van der Waals surface area contributed by atoms with Crippen molar-refractivity contribution in [2.75, 3.05) is 0 Å². The molecule has 1 aromatic heterocycles. The molecule has 8 heteroatoms. The van der Waals surface area contributed by atoms with Crippen LogP contribution < -0.4 is 16.4 Å². The van der Waals surface area contributed by atoms with Crippen molar-refractivity contribution >= 4 is 29.2 Å². The van der Waals surface area contributed by atoms with Crippen molar-refractivity contribution in [1.29, 1.82) is 0 Å². The van der Waals surface area contributed by atoms with Crippen LogP contribution >= 0.6 is 11.3 Å². The van der Waals surface area contributed by atoms with Crippen LogP contribution in [-0.4, -0.2) is 29.1 Å². The maximum atomic E-state index is 11.5. The first-order valence-electron chi connectivity index (χ1n) is 5.49. The highest BCUT2D eigenvalue weighted by Crippen LogP contribution is 2.14. The van der Waals surface area contributed by atoms with E-state index >= 15 is 0 Å². The zero-order valence-corrected chi connectivity index (χ0v) is 11.1. The molecule has 0 spiro atoms. The van der Waals surface area contributed by atoms with Crippen molar-refractivity contribution in [3.63, 3.8) is 0 Å². The third-order valence-electron chi connectivity index (χ3n) is 2.23. The van der Waals surface area contributed by atoms with Crippen LogP contribution in [0.1, 0.15) is 16.2 Å². The second kappa shape index (κ2) is 6.74. The fourth-order valence-electron chi connectivity index (χ4n) is 1.36. The summed E-state index contributed by atoms with van der Waals surface area (Å²) in [6.45, 7) is 2.24. The average molecular weight is 285 g/mol. The van der Waals surface area contributed by atoms with E-state index in [0.717, 1.165) is 9.75 Å². The summed E-state index contributed by atoms with van der Waals surface area (Å²) in [6, 6.07) is 1.83. The molecule has 3 amide bonds. The van der Waals surface area contributed by atoms with Crippen molar-refractivity contribution in [2.24, 2.45) is 5.73 Å². The third-order valence-corrected chi connectivity index (χ3v) is 3.23. The molecule has 0 aromatic carbocycles. The maximum absolute atomic E-state index is 11.5. The van der Waals surface area contributed by atoms with E-state index in [9.17, 15) is 14.4 Å². The van der Waals surface area contributed by atoms with Gasteiger partial charge < -0.3 is 21.5 Å². The van der Waals surface area contributed by atoms with E-state index in [4.69, 9.17) is 10.8 Å². The maximum Gasteiger partial charge on any atom is 0.326 e. The molecule has 0 radical (unpaired) electrons. The van der Waals surface area contributed by atoms with Crippen LogP contribution in [0.15, 0.2) is 12.1 Å². The molecule has 0 fully saturated rings. The molecule has 104 valence electrons. The van der Waals surface area contributed by atoms with Gasteiger partial charge in [0, 0.05) is 9.75 Å². The number of carbonyl (C=O) groups excluding carboxylic acids is 2. The summed E-state index contributed by atoms with van der Waals surface area (Å²) in [4.78, 5) is 35.0. The van der Waals surface area contributed by atoms with Gasteiger partial charge in [0.1, 0.15) is 6.04 Å². The molecule has 7 nitrogen and oxygen atoms in total. The van der Waals surface area contributed by atoms with Crippen LogP contribution in [0.25, 0.3) is 0 Å². The van der Waals surface area contributed by atoms with Gasteiger partial charge in [-0.05, 0) is 19.1 Å². The molecule has 0 aliphatic carbocycles. The third kappa shape index (κ3) is 5.38. The highest BCUT2D eigenvalue weighted by molar-refractivity contribution is 7.11. The Hall–Kier alpha value is -2.09. The Morgan fingerprint density at radius 2 is 2.11 bits per heavy atom. The Balaban J connectivity index is 2.44. The van der Waals surface area contributed by atoms with Gasteiger partial charge in [-0.3, -0.25) is 4.79 Å². The van der Waals surface area contributed by atoms with E-state index in [1.165, 1.54) is 11.3 Å². The largest absolute Gasteiger partial charge is 0.480 e. The minimum atomic E-state index is -1.32. The molecule has 5 N–H and O–H groups in total. The fourth-order valence-corrected chi connectivity index (χ4v) is 2.19. The van der Waals surface area contributed by atoms with E-state index in [1.54, 1.807) is 0 Å². The number of aliphatic carboxylic acids is 1. The van der Waals surface area contributed by atoms with Crippen molar-refractivity contribution < 1.29 is 19.5 Å². The minimum Gasteiger partial charge on any atom is -0.480 e. The lowest BCUT2D eigenvalue weighted by Gasteiger charge is -2.13. The van der Waals surface area contributed by atoms with Crippen molar-refractivity contribution in [3.05, 3.63) is 21.9 Å². The normalized spacial score (nSPS) is 11.6. The predicted octanol–water partition coefficient (Wildman–Crippen LogP) is 0.184. The number of rotatable bonds is 6. The van der Waals surface area contributed by atoms with Gasteiger partial charge in [0.25, 0.3) is 0 Å². The second-order valence-corrected chi connectivity index (χ2v) is 5.27. The first kappa shape index (κ1) is 15.0. The van der Waals surface area contributed by atoms with Crippen LogP contribution in [-0.2, 0) is 16.1 Å². The smallest absolute Gasteiger partial charge is 0.326 e. The summed E-state index contributed by atoms with van der Waals surface area (Å²) in [7, 11) is 0. The van der Waals surface area contributed by atoms with E-state index < -0.39 is 30.4 Å². The summed E-state index contributed by atoms with van der Waals surface area (Å²) in [5.74, 6) is -2.09. The molecule has 0 saturated heterocycles. The van der Waals surface area contributed by atoms with E-state index in [0.29, 0.717) is 6.54 Å². The first-order chi connectivity index (χ1) is 8.88. The van der Waals surface area contributed by atoms with Gasteiger partial charge in [-0.2, -0.15) is 0 Å². The van der Waals surface area contributed by atoms with E-state index in [1.807, 2.05) is 19.1 Å². The van der Waals surface area contributed by atoms with Gasteiger partial charge in [-0.1, -0.05) is 0 Å². The van der Waals surface area contributed by atoms with Crippen LogP contribution in [0.3, 0.4) is 0 Å². The number of nitrogens with one attached hydrogen (secondary N) is 2. The quantitative estimate of drug-likeness (QED) is 0.595. The number of hydrogen-bond acceptors (Lipinski definition) is 4. The molecule has 1 rings (SSSR count). The van der Waals surface area contributed by atoms with E-state index in [2.05, 4.69) is 10.6 Å². The Morgan fingerprint density at radius 3 is 2.58 bits per heavy atom. The summed E-state index contributed by atoms with van der Waals surface area (Å²) in [5.41, 5.74) is 4.90. The lowest BCUT2D eigenvalue weighted by atomic mass is 10.2. The van der Waals surface area contributed by atoms with Gasteiger partial charge in [0.15, 0.2) is 0 Å². The number of carbonyl (C=O) groups is 3. The Labute approximate surface area is 113 Å². The SMILES string of the molecule is Cc1ccc(CNC(=O)N[C@H](CC(N)=O)C(=O)O)s1. The molecule has 0 aliphatic heterocycles. The van der Waals surface area contributed by atoms with Crippen LogP contribution in [0.5, 0.6) is 0 Å². The molecular formula is C11H15N3O4S. The van der Waals surface area contributed by atoms with Crippen LogP contribution in [0.2, 0.25) is 0 Å². The molecule has 1 aromatic rings. The average Bonchev–Trinajstić information content (AvgIpc) is 2.71. The summed E-state index contributed by atoms with van der Waals surface area (Å²) < 4.78 is 0. The van der Waals surface area contributed by atoms with Crippen LogP contribution in [0.4, 0.5) is 4.79 Å². The van der Waals surface area contributed by atoms with Gasteiger partial charge in [-0.25, -0.2) is 9.59 Å². The number of thiophene rings is 1. The molecule has 0 saturated carbocycles. The zero-order valence-electron chi connectivity index (χ0n) is 10.3. The number of nitrogens with two attached hydrogens (primary N) is 1. The molecular weight excluding hydrogens is 270 g/mol. The molecule has 0 bridgehead atoms. The lowest BCUT2D eigenvalue weighted by molar-refractivity contribution is -0.140. The number of primary amides is 1. The highest BCUT2D eigenvalue weighted by atomic mass is 32.1. The van der Waals surface area contributed by atoms with Gasteiger partial charge in [0.2, 0.25) is 5.91 Å². The monoisotopic (exact) mass is 285 g/mol. The minimum absolute atomic E-state index is 0.299. The molecule has 0 unspecified atom stereocenters. The van der Waals surface area contributed by atoms with Crippen molar-refractivity contribution in [2.45, 2.75) is 25.9 Å².